The second kappa shape index (κ2) is 7.28. The van der Waals surface area contributed by atoms with Crippen LogP contribution in [0.5, 0.6) is 0 Å². The fourth-order valence-electron chi connectivity index (χ4n) is 2.47. The van der Waals surface area contributed by atoms with Crippen LogP contribution in [0.25, 0.3) is 0 Å². The van der Waals surface area contributed by atoms with Crippen LogP contribution in [-0.2, 0) is 0 Å². The van der Waals surface area contributed by atoms with Crippen molar-refractivity contribution >= 4 is 11.6 Å². The second-order valence-electron chi connectivity index (χ2n) is 5.69. The molecule has 0 saturated heterocycles. The van der Waals surface area contributed by atoms with Gasteiger partial charge in [-0.1, -0.05) is 30.7 Å². The highest BCUT2D eigenvalue weighted by atomic mass is 35.5. The molecule has 1 unspecified atom stereocenters. The van der Waals surface area contributed by atoms with Gasteiger partial charge in [-0.2, -0.15) is 0 Å². The highest BCUT2D eigenvalue weighted by Gasteiger charge is 2.24. The molecule has 1 atom stereocenters. The average Bonchev–Trinajstić information content (AvgIpc) is 3.21. The van der Waals surface area contributed by atoms with Gasteiger partial charge < -0.3 is 10.6 Å². The molecule has 0 aromatic heterocycles. The maximum atomic E-state index is 6.27. The molecule has 0 bridgehead atoms. The molecule has 1 aliphatic carbocycles. The van der Waals surface area contributed by atoms with E-state index in [0.29, 0.717) is 0 Å². The van der Waals surface area contributed by atoms with Crippen LogP contribution in [0.15, 0.2) is 24.3 Å². The summed E-state index contributed by atoms with van der Waals surface area (Å²) < 4.78 is 0. The minimum atomic E-state index is 0.121. The van der Waals surface area contributed by atoms with Crippen molar-refractivity contribution in [1.82, 2.24) is 4.90 Å². The first kappa shape index (κ1) is 14.8. The van der Waals surface area contributed by atoms with E-state index in [1.54, 1.807) is 0 Å². The Kier molecular flexibility index (Phi) is 5.68. The minimum absolute atomic E-state index is 0.121. The number of nitrogens with two attached hydrogens (primary N) is 1. The summed E-state index contributed by atoms with van der Waals surface area (Å²) in [6, 6.07) is 8.04. The van der Waals surface area contributed by atoms with Gasteiger partial charge in [-0.05, 0) is 62.4 Å². The van der Waals surface area contributed by atoms with E-state index in [-0.39, 0.29) is 6.04 Å². The lowest BCUT2D eigenvalue weighted by atomic mass is 10.0. The molecule has 1 aromatic rings. The fraction of sp³-hybridized carbons (Fsp3) is 0.625. The molecule has 3 heteroatoms. The normalized spacial score (nSPS) is 16.8. The third-order valence-corrected chi connectivity index (χ3v) is 4.06. The van der Waals surface area contributed by atoms with E-state index in [1.165, 1.54) is 37.9 Å². The van der Waals surface area contributed by atoms with Gasteiger partial charge in [0.2, 0.25) is 0 Å². The van der Waals surface area contributed by atoms with Gasteiger partial charge in [-0.3, -0.25) is 0 Å². The zero-order chi connectivity index (χ0) is 13.7. The SMILES string of the molecule is CCCN(CCC(N)c1ccc(Cl)cc1)CC1CC1. The lowest BCUT2D eigenvalue weighted by molar-refractivity contribution is 0.253. The first-order chi connectivity index (χ1) is 9.19. The first-order valence-corrected chi connectivity index (χ1v) is 7.80. The van der Waals surface area contributed by atoms with E-state index in [2.05, 4.69) is 11.8 Å². The van der Waals surface area contributed by atoms with Gasteiger partial charge in [0, 0.05) is 17.6 Å². The Morgan fingerprint density at radius 2 is 1.95 bits per heavy atom. The summed E-state index contributed by atoms with van der Waals surface area (Å²) >= 11 is 5.90. The van der Waals surface area contributed by atoms with Gasteiger partial charge in [-0.15, -0.1) is 0 Å². The standard InChI is InChI=1S/C16H25ClN2/c1-2-10-19(12-13-3-4-13)11-9-16(18)14-5-7-15(17)8-6-14/h5-8,13,16H,2-4,9-12,18H2,1H3. The third kappa shape index (κ3) is 5.13. The number of benzene rings is 1. The number of hydrogen-bond acceptors (Lipinski definition) is 2. The lowest BCUT2D eigenvalue weighted by Crippen LogP contribution is -2.30. The zero-order valence-corrected chi connectivity index (χ0v) is 12.6. The van der Waals surface area contributed by atoms with Crippen molar-refractivity contribution in [1.29, 1.82) is 0 Å². The van der Waals surface area contributed by atoms with E-state index >= 15 is 0 Å². The molecule has 0 spiro atoms. The van der Waals surface area contributed by atoms with E-state index in [9.17, 15) is 0 Å². The zero-order valence-electron chi connectivity index (χ0n) is 11.8. The molecule has 0 radical (unpaired) electrons. The van der Waals surface area contributed by atoms with E-state index < -0.39 is 0 Å². The summed E-state index contributed by atoms with van der Waals surface area (Å²) in [7, 11) is 0. The van der Waals surface area contributed by atoms with Crippen molar-refractivity contribution in [3.8, 4) is 0 Å². The smallest absolute Gasteiger partial charge is 0.0406 e. The Labute approximate surface area is 121 Å². The van der Waals surface area contributed by atoms with Crippen LogP contribution in [0.1, 0.15) is 44.2 Å². The summed E-state index contributed by atoms with van der Waals surface area (Å²) in [6.45, 7) is 5.82. The summed E-state index contributed by atoms with van der Waals surface area (Å²) in [5, 5.41) is 0.775. The predicted octanol–water partition coefficient (Wildman–Crippen LogP) is 3.85. The predicted molar refractivity (Wildman–Crippen MR) is 82.5 cm³/mol. The summed E-state index contributed by atoms with van der Waals surface area (Å²) in [6.07, 6.45) is 5.09. The number of rotatable bonds is 8. The van der Waals surface area contributed by atoms with Crippen LogP contribution >= 0.6 is 11.6 Å². The van der Waals surface area contributed by atoms with Gasteiger partial charge in [0.05, 0.1) is 0 Å². The number of nitrogens with zero attached hydrogens (tertiary/aromatic N) is 1. The van der Waals surface area contributed by atoms with Crippen molar-refractivity contribution in [3.63, 3.8) is 0 Å². The Bertz CT molecular complexity index is 373. The van der Waals surface area contributed by atoms with Crippen LogP contribution in [0, 0.1) is 5.92 Å². The van der Waals surface area contributed by atoms with E-state index in [4.69, 9.17) is 17.3 Å². The fourth-order valence-corrected chi connectivity index (χ4v) is 2.60. The number of hydrogen-bond donors (Lipinski definition) is 1. The Morgan fingerprint density at radius 1 is 1.26 bits per heavy atom. The molecule has 19 heavy (non-hydrogen) atoms. The van der Waals surface area contributed by atoms with E-state index in [0.717, 1.165) is 23.9 Å². The molecule has 2 rings (SSSR count). The van der Waals surface area contributed by atoms with Gasteiger partial charge in [0.25, 0.3) is 0 Å². The average molecular weight is 281 g/mol. The Hall–Kier alpha value is -0.570. The van der Waals surface area contributed by atoms with Crippen molar-refractivity contribution in [3.05, 3.63) is 34.9 Å². The lowest BCUT2D eigenvalue weighted by Gasteiger charge is -2.23. The highest BCUT2D eigenvalue weighted by Crippen LogP contribution is 2.30. The van der Waals surface area contributed by atoms with Crippen LogP contribution < -0.4 is 5.73 Å². The van der Waals surface area contributed by atoms with Gasteiger partial charge >= 0.3 is 0 Å². The van der Waals surface area contributed by atoms with Gasteiger partial charge in [-0.25, -0.2) is 0 Å². The van der Waals surface area contributed by atoms with Crippen LogP contribution in [-0.4, -0.2) is 24.5 Å². The summed E-state index contributed by atoms with van der Waals surface area (Å²) in [4.78, 5) is 2.58. The molecule has 106 valence electrons. The minimum Gasteiger partial charge on any atom is -0.324 e. The molecule has 2 nitrogen and oxygen atoms in total. The second-order valence-corrected chi connectivity index (χ2v) is 6.13. The molecule has 0 aliphatic heterocycles. The molecule has 0 amide bonds. The van der Waals surface area contributed by atoms with Crippen molar-refractivity contribution in [2.75, 3.05) is 19.6 Å². The van der Waals surface area contributed by atoms with Gasteiger partial charge in [0.1, 0.15) is 0 Å². The summed E-state index contributed by atoms with van der Waals surface area (Å²) in [5.74, 6) is 0.957. The molecule has 2 N–H and O–H groups in total. The van der Waals surface area contributed by atoms with Crippen molar-refractivity contribution < 1.29 is 0 Å². The maximum absolute atomic E-state index is 6.27. The number of halogens is 1. The largest absolute Gasteiger partial charge is 0.324 e. The molecular formula is C16H25ClN2. The quantitative estimate of drug-likeness (QED) is 0.784. The Balaban J connectivity index is 1.79. The van der Waals surface area contributed by atoms with Crippen LogP contribution in [0.4, 0.5) is 0 Å². The third-order valence-electron chi connectivity index (χ3n) is 3.81. The van der Waals surface area contributed by atoms with Crippen LogP contribution in [0.2, 0.25) is 5.02 Å². The highest BCUT2D eigenvalue weighted by molar-refractivity contribution is 6.30. The first-order valence-electron chi connectivity index (χ1n) is 7.42. The molecule has 1 fully saturated rings. The maximum Gasteiger partial charge on any atom is 0.0406 e. The van der Waals surface area contributed by atoms with E-state index in [1.807, 2.05) is 24.3 Å². The Morgan fingerprint density at radius 3 is 2.53 bits per heavy atom. The van der Waals surface area contributed by atoms with Crippen LogP contribution in [0.3, 0.4) is 0 Å². The topological polar surface area (TPSA) is 29.3 Å². The van der Waals surface area contributed by atoms with Gasteiger partial charge in [0.15, 0.2) is 0 Å². The molecule has 0 heterocycles. The molecule has 1 aromatic carbocycles. The van der Waals surface area contributed by atoms with Crippen molar-refractivity contribution in [2.45, 2.75) is 38.6 Å². The van der Waals surface area contributed by atoms with Crippen molar-refractivity contribution in [2.24, 2.45) is 11.7 Å². The molecule has 1 saturated carbocycles. The monoisotopic (exact) mass is 280 g/mol. The molecular weight excluding hydrogens is 256 g/mol. The summed E-state index contributed by atoms with van der Waals surface area (Å²) in [5.41, 5.74) is 7.45. The molecule has 1 aliphatic rings.